The summed E-state index contributed by atoms with van der Waals surface area (Å²) in [5, 5.41) is 0. The first-order chi connectivity index (χ1) is 25.7. The van der Waals surface area contributed by atoms with E-state index in [0.717, 1.165) is 0 Å². The maximum atomic E-state index is 2.68. The van der Waals surface area contributed by atoms with Gasteiger partial charge in [-0.1, -0.05) is 128 Å². The van der Waals surface area contributed by atoms with Crippen LogP contribution in [-0.4, -0.2) is 0 Å². The van der Waals surface area contributed by atoms with Crippen LogP contribution in [0.3, 0.4) is 0 Å². The SMILES string of the molecule is c1cc2sc1C1(CCCCCCC1)c1ccc(s1)C1(CCCCCCC1)c1ccc(s1)C1(CCCCCCC1)c1ccc(s1)C21CCCCCCC1. The predicted octanol–water partition coefficient (Wildman–Crippen LogP) is 16.4. The van der Waals surface area contributed by atoms with Gasteiger partial charge in [0.2, 0.25) is 0 Å². The zero-order valence-corrected chi connectivity index (χ0v) is 35.3. The maximum absolute atomic E-state index is 2.68. The molecule has 1 aliphatic heterocycles. The van der Waals surface area contributed by atoms with Crippen LogP contribution in [0.1, 0.15) is 219 Å². The van der Waals surface area contributed by atoms with Gasteiger partial charge in [-0.2, -0.15) is 0 Å². The fourth-order valence-electron chi connectivity index (χ4n) is 11.9. The molecule has 4 saturated carbocycles. The number of fused-ring (bicyclic) bond motifs is 16. The lowest BCUT2D eigenvalue weighted by Crippen LogP contribution is -2.29. The Balaban J connectivity index is 1.29. The summed E-state index contributed by atoms with van der Waals surface area (Å²) in [4.78, 5) is 13.7. The van der Waals surface area contributed by atoms with Gasteiger partial charge in [0, 0.05) is 60.7 Å². The van der Waals surface area contributed by atoms with Gasteiger partial charge in [-0.05, 0) is 99.9 Å². The molecule has 4 spiro atoms. The van der Waals surface area contributed by atoms with Gasteiger partial charge in [-0.15, -0.1) is 45.3 Å². The molecular formula is C48H64S4. The molecule has 5 heterocycles. The Morgan fingerprint density at radius 3 is 0.500 bits per heavy atom. The normalized spacial score (nSPS) is 24.9. The second kappa shape index (κ2) is 15.7. The Morgan fingerprint density at radius 1 is 0.212 bits per heavy atom. The van der Waals surface area contributed by atoms with Gasteiger partial charge in [0.1, 0.15) is 0 Å². The van der Waals surface area contributed by atoms with Crippen LogP contribution in [0.4, 0.5) is 0 Å². The molecule has 4 aromatic heterocycles. The minimum Gasteiger partial charge on any atom is -0.143 e. The average Bonchev–Trinajstić information content (AvgIpc) is 3.94. The minimum atomic E-state index is 0.180. The molecule has 4 aromatic rings. The Kier molecular flexibility index (Phi) is 11.0. The van der Waals surface area contributed by atoms with Crippen LogP contribution in [0.25, 0.3) is 0 Å². The van der Waals surface area contributed by atoms with Gasteiger partial charge in [-0.3, -0.25) is 0 Å². The van der Waals surface area contributed by atoms with Crippen LogP contribution in [-0.2, 0) is 21.7 Å². The molecule has 0 saturated heterocycles. The first-order valence-electron chi connectivity index (χ1n) is 22.1. The van der Waals surface area contributed by atoms with Crippen LogP contribution >= 0.6 is 45.3 Å². The maximum Gasteiger partial charge on any atom is 0.0390 e. The lowest BCUT2D eigenvalue weighted by molar-refractivity contribution is 0.374. The molecule has 280 valence electrons. The molecule has 4 fully saturated rings. The van der Waals surface area contributed by atoms with Crippen molar-refractivity contribution in [1.29, 1.82) is 0 Å². The van der Waals surface area contributed by atoms with Crippen molar-refractivity contribution in [3.63, 3.8) is 0 Å². The van der Waals surface area contributed by atoms with Crippen molar-refractivity contribution >= 4 is 45.3 Å². The molecule has 5 aliphatic rings. The molecular weight excluding hydrogens is 705 g/mol. The smallest absolute Gasteiger partial charge is 0.0390 e. The van der Waals surface area contributed by atoms with E-state index in [1.807, 2.05) is 0 Å². The second-order valence-corrected chi connectivity index (χ2v) is 22.4. The summed E-state index contributed by atoms with van der Waals surface area (Å²) in [6.07, 6.45) is 38.7. The third-order valence-corrected chi connectivity index (χ3v) is 21.0. The quantitative estimate of drug-likeness (QED) is 0.167. The van der Waals surface area contributed by atoms with Gasteiger partial charge in [-0.25, -0.2) is 0 Å². The van der Waals surface area contributed by atoms with E-state index in [0.29, 0.717) is 0 Å². The van der Waals surface area contributed by atoms with Crippen LogP contribution in [0.2, 0.25) is 0 Å². The average molecular weight is 769 g/mol. The summed E-state index contributed by atoms with van der Waals surface area (Å²) in [7, 11) is 0. The Hall–Kier alpha value is -1.20. The summed E-state index contributed by atoms with van der Waals surface area (Å²) in [5.74, 6) is 0. The van der Waals surface area contributed by atoms with Crippen LogP contribution in [0, 0.1) is 0 Å². The molecule has 0 atom stereocenters. The van der Waals surface area contributed by atoms with Crippen molar-refractivity contribution < 1.29 is 0 Å². The largest absolute Gasteiger partial charge is 0.143 e. The molecule has 0 unspecified atom stereocenters. The highest BCUT2D eigenvalue weighted by Gasteiger charge is 2.46. The van der Waals surface area contributed by atoms with E-state index in [1.165, 1.54) is 180 Å². The first kappa shape index (κ1) is 36.4. The first-order valence-corrected chi connectivity index (χ1v) is 25.4. The highest BCUT2D eigenvalue weighted by atomic mass is 32.1. The van der Waals surface area contributed by atoms with E-state index in [9.17, 15) is 0 Å². The highest BCUT2D eigenvalue weighted by molar-refractivity contribution is 7.16. The third kappa shape index (κ3) is 6.52. The van der Waals surface area contributed by atoms with Crippen LogP contribution < -0.4 is 0 Å². The van der Waals surface area contributed by atoms with Crippen molar-refractivity contribution in [2.45, 2.75) is 201 Å². The number of thiophene rings is 4. The van der Waals surface area contributed by atoms with Crippen molar-refractivity contribution in [3.05, 3.63) is 87.5 Å². The molecule has 0 radical (unpaired) electrons. The van der Waals surface area contributed by atoms with Gasteiger partial charge in [0.05, 0.1) is 0 Å². The van der Waals surface area contributed by atoms with Crippen LogP contribution in [0.5, 0.6) is 0 Å². The van der Waals surface area contributed by atoms with Crippen molar-refractivity contribution in [2.75, 3.05) is 0 Å². The van der Waals surface area contributed by atoms with Crippen molar-refractivity contribution in [1.82, 2.24) is 0 Å². The van der Waals surface area contributed by atoms with E-state index < -0.39 is 0 Å². The summed E-state index contributed by atoms with van der Waals surface area (Å²) in [6.45, 7) is 0. The molecule has 0 N–H and O–H groups in total. The lowest BCUT2D eigenvalue weighted by atomic mass is 9.72. The molecule has 4 heteroatoms. The van der Waals surface area contributed by atoms with Crippen LogP contribution in [0.15, 0.2) is 48.5 Å². The van der Waals surface area contributed by atoms with Gasteiger partial charge in [0.25, 0.3) is 0 Å². The number of hydrogen-bond donors (Lipinski definition) is 0. The standard InChI is InChI=1S/C48H64S4/c1-5-13-29-45(30-14-6-1)37-21-23-39(49-37)46(31-15-7-2-8-16-32-46)41-25-27-43(51-41)48(35-19-11-4-12-20-36-48)44-28-26-42(52-44)47(40-24-22-38(45)50-40)33-17-9-3-10-18-34-47/h21-28H,1-20,29-36H2. The zero-order chi connectivity index (χ0) is 34.9. The zero-order valence-electron chi connectivity index (χ0n) is 32.1. The van der Waals surface area contributed by atoms with E-state index in [4.69, 9.17) is 0 Å². The molecule has 0 amide bonds. The lowest BCUT2D eigenvalue weighted by Gasteiger charge is -2.38. The molecule has 4 aliphatic carbocycles. The summed E-state index contributed by atoms with van der Waals surface area (Å²) >= 11 is 9.14. The van der Waals surface area contributed by atoms with Crippen molar-refractivity contribution in [2.24, 2.45) is 0 Å². The Bertz CT molecular complexity index is 1390. The monoisotopic (exact) mass is 768 g/mol. The minimum absolute atomic E-state index is 0.180. The van der Waals surface area contributed by atoms with E-state index >= 15 is 0 Å². The van der Waals surface area contributed by atoms with E-state index in [2.05, 4.69) is 93.9 Å². The summed E-state index contributed by atoms with van der Waals surface area (Å²) < 4.78 is 0. The van der Waals surface area contributed by atoms with Gasteiger partial charge >= 0.3 is 0 Å². The predicted molar refractivity (Wildman–Crippen MR) is 230 cm³/mol. The molecule has 0 aromatic carbocycles. The van der Waals surface area contributed by atoms with Crippen molar-refractivity contribution in [3.8, 4) is 0 Å². The molecule has 9 rings (SSSR count). The fourth-order valence-corrected chi connectivity index (χ4v) is 18.3. The Morgan fingerprint density at radius 2 is 0.346 bits per heavy atom. The summed E-state index contributed by atoms with van der Waals surface area (Å²) in [6, 6.07) is 21.5. The molecule has 8 bridgehead atoms. The number of hydrogen-bond acceptors (Lipinski definition) is 4. The second-order valence-electron chi connectivity index (χ2n) is 18.1. The van der Waals surface area contributed by atoms with E-state index in [-0.39, 0.29) is 21.7 Å². The Labute approximate surface area is 332 Å². The molecule has 0 nitrogen and oxygen atoms in total. The number of rotatable bonds is 0. The van der Waals surface area contributed by atoms with E-state index in [1.54, 1.807) is 39.0 Å². The molecule has 52 heavy (non-hydrogen) atoms. The highest BCUT2D eigenvalue weighted by Crippen LogP contribution is 2.58. The summed E-state index contributed by atoms with van der Waals surface area (Å²) in [5.41, 5.74) is 0.719. The topological polar surface area (TPSA) is 0 Å². The van der Waals surface area contributed by atoms with Gasteiger partial charge in [0.15, 0.2) is 0 Å². The van der Waals surface area contributed by atoms with Gasteiger partial charge < -0.3 is 0 Å². The fraction of sp³-hybridized carbons (Fsp3) is 0.667. The third-order valence-electron chi connectivity index (χ3n) is 15.0.